The Kier molecular flexibility index (Phi) is 6.10. The van der Waals surface area contributed by atoms with Crippen LogP contribution in [0.3, 0.4) is 0 Å². The maximum Gasteiger partial charge on any atom is 0.319 e. The van der Waals surface area contributed by atoms with E-state index < -0.39 is 0 Å². The standard InChI is InChI=1S/C23H30N8O2/c1-3-31-22-19(12-26-31)21(30-13-17-8-9-18(14-30)33-17)28-20(29-22)15-4-6-16(7-5-15)27-23(32)25-11-10-24-2/h4-7,12,17-18,24H,3,8-11,13-14H2,1-2H3,(H2,25,27,32). The number of rotatable bonds is 7. The molecule has 3 aromatic rings. The predicted molar refractivity (Wildman–Crippen MR) is 127 cm³/mol. The van der Waals surface area contributed by atoms with Gasteiger partial charge in [-0.05, 0) is 51.1 Å². The van der Waals surface area contributed by atoms with E-state index >= 15 is 0 Å². The molecule has 3 N–H and O–H groups in total. The van der Waals surface area contributed by atoms with Gasteiger partial charge in [0.1, 0.15) is 5.82 Å². The van der Waals surface area contributed by atoms with Gasteiger partial charge in [0.2, 0.25) is 0 Å². The Bertz CT molecular complexity index is 1120. The van der Waals surface area contributed by atoms with Crippen LogP contribution in [0.15, 0.2) is 30.5 Å². The van der Waals surface area contributed by atoms with Crippen molar-refractivity contribution in [3.05, 3.63) is 30.5 Å². The van der Waals surface area contributed by atoms with Crippen molar-refractivity contribution in [1.82, 2.24) is 30.4 Å². The molecule has 10 heteroatoms. The van der Waals surface area contributed by atoms with E-state index in [0.29, 0.717) is 24.6 Å². The molecule has 5 rings (SSSR count). The average Bonchev–Trinajstić information content (AvgIpc) is 3.40. The van der Waals surface area contributed by atoms with Crippen LogP contribution >= 0.6 is 0 Å². The number of anilines is 2. The molecule has 33 heavy (non-hydrogen) atoms. The van der Waals surface area contributed by atoms with E-state index in [4.69, 9.17) is 14.7 Å². The van der Waals surface area contributed by atoms with Crippen LogP contribution in [0.25, 0.3) is 22.4 Å². The number of aryl methyl sites for hydroxylation is 1. The molecular formula is C23H30N8O2. The number of carbonyl (C=O) groups excluding carboxylic acids is 1. The van der Waals surface area contributed by atoms with Gasteiger partial charge in [0.15, 0.2) is 11.5 Å². The summed E-state index contributed by atoms with van der Waals surface area (Å²) in [6.45, 7) is 5.75. The fourth-order valence-corrected chi connectivity index (χ4v) is 4.51. The summed E-state index contributed by atoms with van der Waals surface area (Å²) < 4.78 is 7.94. The number of ether oxygens (including phenoxy) is 1. The number of urea groups is 1. The van der Waals surface area contributed by atoms with Gasteiger partial charge < -0.3 is 25.6 Å². The smallest absolute Gasteiger partial charge is 0.319 e. The fraction of sp³-hybridized carbons (Fsp3) is 0.478. The number of aromatic nitrogens is 4. The average molecular weight is 451 g/mol. The molecule has 2 bridgehead atoms. The van der Waals surface area contributed by atoms with E-state index in [1.165, 1.54) is 0 Å². The molecule has 2 fully saturated rings. The molecule has 4 heterocycles. The van der Waals surface area contributed by atoms with Crippen LogP contribution in [-0.4, -0.2) is 71.2 Å². The van der Waals surface area contributed by atoms with Crippen LogP contribution in [0.5, 0.6) is 0 Å². The molecule has 2 unspecified atom stereocenters. The molecule has 2 atom stereocenters. The van der Waals surface area contributed by atoms with Crippen LogP contribution < -0.4 is 20.9 Å². The lowest BCUT2D eigenvalue weighted by Crippen LogP contribution is -2.43. The Morgan fingerprint density at radius 3 is 2.58 bits per heavy atom. The zero-order chi connectivity index (χ0) is 22.8. The summed E-state index contributed by atoms with van der Waals surface area (Å²) >= 11 is 0. The predicted octanol–water partition coefficient (Wildman–Crippen LogP) is 2.22. The van der Waals surface area contributed by atoms with Crippen LogP contribution in [0.4, 0.5) is 16.3 Å². The van der Waals surface area contributed by atoms with Crippen LogP contribution in [0.2, 0.25) is 0 Å². The first-order valence-electron chi connectivity index (χ1n) is 11.6. The molecule has 2 saturated heterocycles. The molecule has 1 aromatic carbocycles. The second-order valence-electron chi connectivity index (χ2n) is 8.49. The molecule has 2 amide bonds. The summed E-state index contributed by atoms with van der Waals surface area (Å²) in [6, 6.07) is 7.37. The van der Waals surface area contributed by atoms with E-state index in [1.54, 1.807) is 0 Å². The Hall–Kier alpha value is -3.24. The number of fused-ring (bicyclic) bond motifs is 3. The van der Waals surface area contributed by atoms with E-state index in [-0.39, 0.29) is 18.2 Å². The van der Waals surface area contributed by atoms with Gasteiger partial charge in [-0.2, -0.15) is 5.10 Å². The number of carbonyl (C=O) groups is 1. The normalized spacial score (nSPS) is 19.8. The molecule has 2 aliphatic heterocycles. The first kappa shape index (κ1) is 21.6. The van der Waals surface area contributed by atoms with E-state index in [9.17, 15) is 4.79 Å². The molecular weight excluding hydrogens is 420 g/mol. The van der Waals surface area contributed by atoms with Gasteiger partial charge >= 0.3 is 6.03 Å². The second kappa shape index (κ2) is 9.32. The maximum atomic E-state index is 12.0. The summed E-state index contributed by atoms with van der Waals surface area (Å²) in [5.41, 5.74) is 2.44. The lowest BCUT2D eigenvalue weighted by Gasteiger charge is -2.33. The molecule has 0 aliphatic carbocycles. The monoisotopic (exact) mass is 450 g/mol. The van der Waals surface area contributed by atoms with Gasteiger partial charge in [0, 0.05) is 44.0 Å². The maximum absolute atomic E-state index is 12.0. The number of nitrogens with one attached hydrogen (secondary N) is 3. The zero-order valence-electron chi connectivity index (χ0n) is 19.0. The van der Waals surface area contributed by atoms with Crippen molar-refractivity contribution in [2.24, 2.45) is 0 Å². The van der Waals surface area contributed by atoms with Gasteiger partial charge in [0.05, 0.1) is 23.8 Å². The van der Waals surface area contributed by atoms with Crippen molar-refractivity contribution < 1.29 is 9.53 Å². The highest BCUT2D eigenvalue weighted by Gasteiger charge is 2.35. The fourth-order valence-electron chi connectivity index (χ4n) is 4.51. The Morgan fingerprint density at radius 1 is 1.12 bits per heavy atom. The molecule has 10 nitrogen and oxygen atoms in total. The molecule has 0 spiro atoms. The van der Waals surface area contributed by atoms with Gasteiger partial charge in [-0.25, -0.2) is 19.4 Å². The number of hydrogen-bond acceptors (Lipinski definition) is 7. The third-order valence-electron chi connectivity index (χ3n) is 6.18. The first-order valence-corrected chi connectivity index (χ1v) is 11.6. The van der Waals surface area contributed by atoms with Gasteiger partial charge in [-0.3, -0.25) is 0 Å². The van der Waals surface area contributed by atoms with Crippen LogP contribution in [-0.2, 0) is 11.3 Å². The SMILES string of the molecule is CCn1ncc2c(N3CC4CCC(C3)O4)nc(-c3ccc(NC(=O)NCCNC)cc3)nc21. The number of amides is 2. The van der Waals surface area contributed by atoms with E-state index in [1.807, 2.05) is 42.2 Å². The minimum atomic E-state index is -0.230. The third kappa shape index (κ3) is 4.49. The number of benzene rings is 1. The van der Waals surface area contributed by atoms with Gasteiger partial charge in [-0.1, -0.05) is 0 Å². The Labute approximate surface area is 192 Å². The second-order valence-corrected chi connectivity index (χ2v) is 8.49. The van der Waals surface area contributed by atoms with E-state index in [2.05, 4.69) is 32.9 Å². The highest BCUT2D eigenvalue weighted by Crippen LogP contribution is 2.33. The van der Waals surface area contributed by atoms with Crippen molar-refractivity contribution in [1.29, 1.82) is 0 Å². The molecule has 174 valence electrons. The summed E-state index contributed by atoms with van der Waals surface area (Å²) in [6.07, 6.45) is 4.61. The zero-order valence-corrected chi connectivity index (χ0v) is 19.0. The largest absolute Gasteiger partial charge is 0.371 e. The first-order chi connectivity index (χ1) is 16.1. The minimum absolute atomic E-state index is 0.230. The lowest BCUT2D eigenvalue weighted by atomic mass is 10.2. The number of morpholine rings is 1. The van der Waals surface area contributed by atoms with Crippen LogP contribution in [0, 0.1) is 0 Å². The minimum Gasteiger partial charge on any atom is -0.371 e. The third-order valence-corrected chi connectivity index (χ3v) is 6.18. The van der Waals surface area contributed by atoms with Crippen molar-refractivity contribution in [3.63, 3.8) is 0 Å². The summed E-state index contributed by atoms with van der Waals surface area (Å²) in [5, 5.41) is 14.1. The van der Waals surface area contributed by atoms with E-state index in [0.717, 1.165) is 54.9 Å². The Morgan fingerprint density at radius 2 is 1.88 bits per heavy atom. The van der Waals surface area contributed by atoms with Crippen molar-refractivity contribution >= 4 is 28.6 Å². The highest BCUT2D eigenvalue weighted by molar-refractivity contribution is 5.90. The van der Waals surface area contributed by atoms with Crippen molar-refractivity contribution in [2.45, 2.75) is 38.5 Å². The quantitative estimate of drug-likeness (QED) is 0.474. The van der Waals surface area contributed by atoms with Gasteiger partial charge in [0.25, 0.3) is 0 Å². The van der Waals surface area contributed by atoms with Crippen molar-refractivity contribution in [3.8, 4) is 11.4 Å². The number of likely N-dealkylation sites (N-methyl/N-ethyl adjacent to an activating group) is 1. The summed E-state index contributed by atoms with van der Waals surface area (Å²) in [7, 11) is 1.85. The molecule has 2 aliphatic rings. The summed E-state index contributed by atoms with van der Waals surface area (Å²) in [5.74, 6) is 1.57. The Balaban J connectivity index is 1.42. The lowest BCUT2D eigenvalue weighted by molar-refractivity contribution is 0.0303. The molecule has 0 radical (unpaired) electrons. The summed E-state index contributed by atoms with van der Waals surface area (Å²) in [4.78, 5) is 24.2. The molecule has 2 aromatic heterocycles. The topological polar surface area (TPSA) is 109 Å². The highest BCUT2D eigenvalue weighted by atomic mass is 16.5. The van der Waals surface area contributed by atoms with Gasteiger partial charge in [-0.15, -0.1) is 0 Å². The van der Waals surface area contributed by atoms with Crippen LogP contribution in [0.1, 0.15) is 19.8 Å². The number of hydrogen-bond donors (Lipinski definition) is 3. The number of nitrogens with zero attached hydrogens (tertiary/aromatic N) is 5. The molecule has 0 saturated carbocycles. The van der Waals surface area contributed by atoms with Crippen molar-refractivity contribution in [2.75, 3.05) is 43.4 Å².